The largest absolute Gasteiger partial charge is 0.376 e. The molecule has 5 rings (SSSR count). The minimum atomic E-state index is -0.109. The van der Waals surface area contributed by atoms with E-state index in [0.717, 1.165) is 40.8 Å². The first-order valence-electron chi connectivity index (χ1n) is 10.6. The van der Waals surface area contributed by atoms with E-state index in [1.807, 2.05) is 55.5 Å². The third kappa shape index (κ3) is 4.18. The summed E-state index contributed by atoms with van der Waals surface area (Å²) in [6.07, 6.45) is 2.11. The maximum Gasteiger partial charge on any atom is 0.276 e. The highest BCUT2D eigenvalue weighted by Gasteiger charge is 2.19. The molecule has 0 spiro atoms. The molecule has 1 unspecified atom stereocenters. The zero-order valence-electron chi connectivity index (χ0n) is 17.7. The number of thioether (sulfide) groups is 1. The maximum absolute atomic E-state index is 13.6. The van der Waals surface area contributed by atoms with Crippen LogP contribution in [0.4, 0.5) is 0 Å². The molecule has 1 atom stereocenters. The summed E-state index contributed by atoms with van der Waals surface area (Å²) < 4.78 is 8.84. The lowest BCUT2D eigenvalue weighted by atomic mass is 10.2. The molecule has 1 amide bonds. The molecule has 1 saturated heterocycles. The Balaban J connectivity index is 1.50. The van der Waals surface area contributed by atoms with Crippen LogP contribution < -0.4 is 10.9 Å². The Bertz CT molecular complexity index is 1340. The number of aromatic nitrogens is 2. The number of nitrogens with zero attached hydrogens (tertiary/aromatic N) is 2. The minimum absolute atomic E-state index is 0.0921. The number of hydrogen-bond donors (Lipinski definition) is 1. The molecule has 0 bridgehead atoms. The van der Waals surface area contributed by atoms with Gasteiger partial charge in [-0.25, -0.2) is 4.98 Å². The quantitative estimate of drug-likeness (QED) is 0.340. The molecule has 164 valence electrons. The van der Waals surface area contributed by atoms with Crippen molar-refractivity contribution in [2.24, 2.45) is 0 Å². The Kier molecular flexibility index (Phi) is 5.99. The van der Waals surface area contributed by atoms with Gasteiger partial charge in [-0.1, -0.05) is 47.7 Å². The smallest absolute Gasteiger partial charge is 0.276 e. The molecule has 6 nitrogen and oxygen atoms in total. The van der Waals surface area contributed by atoms with Crippen molar-refractivity contribution in [2.45, 2.75) is 31.0 Å². The van der Waals surface area contributed by atoms with Crippen molar-refractivity contribution in [3.63, 3.8) is 0 Å². The molecule has 1 aliphatic rings. The molecule has 32 heavy (non-hydrogen) atoms. The summed E-state index contributed by atoms with van der Waals surface area (Å²) in [5.41, 5.74) is 2.44. The van der Waals surface area contributed by atoms with Crippen molar-refractivity contribution in [2.75, 3.05) is 18.9 Å². The van der Waals surface area contributed by atoms with Gasteiger partial charge in [0, 0.05) is 23.2 Å². The maximum atomic E-state index is 13.6. The van der Waals surface area contributed by atoms with Crippen LogP contribution in [0.1, 0.15) is 18.4 Å². The van der Waals surface area contributed by atoms with E-state index in [1.54, 1.807) is 4.57 Å². The van der Waals surface area contributed by atoms with E-state index in [-0.39, 0.29) is 23.3 Å². The molecule has 8 heteroatoms. The summed E-state index contributed by atoms with van der Waals surface area (Å²) in [5.74, 6) is 0.0870. The number of carbonyl (C=O) groups excluding carboxylic acids is 1. The Morgan fingerprint density at radius 1 is 1.25 bits per heavy atom. The Labute approximate surface area is 193 Å². The molecule has 1 fully saturated rings. The van der Waals surface area contributed by atoms with Gasteiger partial charge in [-0.15, -0.1) is 11.3 Å². The van der Waals surface area contributed by atoms with Crippen LogP contribution in [0.5, 0.6) is 0 Å². The van der Waals surface area contributed by atoms with Gasteiger partial charge in [0.2, 0.25) is 5.91 Å². The Morgan fingerprint density at radius 2 is 2.06 bits per heavy atom. The number of benzene rings is 2. The van der Waals surface area contributed by atoms with Gasteiger partial charge in [0.25, 0.3) is 5.56 Å². The summed E-state index contributed by atoms with van der Waals surface area (Å²) in [7, 11) is 0. The van der Waals surface area contributed by atoms with Gasteiger partial charge in [-0.05, 0) is 38.0 Å². The first kappa shape index (κ1) is 21.2. The van der Waals surface area contributed by atoms with E-state index < -0.39 is 0 Å². The van der Waals surface area contributed by atoms with E-state index in [0.29, 0.717) is 21.9 Å². The van der Waals surface area contributed by atoms with E-state index in [2.05, 4.69) is 5.32 Å². The van der Waals surface area contributed by atoms with Gasteiger partial charge in [-0.2, -0.15) is 0 Å². The van der Waals surface area contributed by atoms with Crippen LogP contribution >= 0.6 is 23.1 Å². The number of rotatable bonds is 6. The summed E-state index contributed by atoms with van der Waals surface area (Å²) in [5, 5.41) is 4.42. The highest BCUT2D eigenvalue weighted by molar-refractivity contribution is 7.99. The second-order valence-electron chi connectivity index (χ2n) is 7.87. The van der Waals surface area contributed by atoms with Crippen molar-refractivity contribution < 1.29 is 9.53 Å². The summed E-state index contributed by atoms with van der Waals surface area (Å²) in [6.45, 7) is 3.29. The number of ether oxygens (including phenoxy) is 1. The molecule has 2 aromatic carbocycles. The molecule has 0 aliphatic carbocycles. The Hall–Kier alpha value is -2.68. The van der Waals surface area contributed by atoms with Crippen LogP contribution in [0.3, 0.4) is 0 Å². The molecular weight excluding hydrogens is 442 g/mol. The molecule has 0 radical (unpaired) electrons. The molecule has 4 aromatic rings. The van der Waals surface area contributed by atoms with Crippen molar-refractivity contribution in [1.82, 2.24) is 14.9 Å². The topological polar surface area (TPSA) is 73.2 Å². The minimum Gasteiger partial charge on any atom is -0.376 e. The normalized spacial score (nSPS) is 16.1. The van der Waals surface area contributed by atoms with Gasteiger partial charge >= 0.3 is 0 Å². The predicted molar refractivity (Wildman–Crippen MR) is 130 cm³/mol. The highest BCUT2D eigenvalue weighted by Crippen LogP contribution is 2.32. The third-order valence-corrected chi connectivity index (χ3v) is 7.63. The monoisotopic (exact) mass is 465 g/mol. The lowest BCUT2D eigenvalue weighted by Crippen LogP contribution is -2.33. The van der Waals surface area contributed by atoms with Crippen molar-refractivity contribution in [3.8, 4) is 5.69 Å². The summed E-state index contributed by atoms with van der Waals surface area (Å²) >= 11 is 2.74. The van der Waals surface area contributed by atoms with Crippen LogP contribution in [0.15, 0.2) is 58.5 Å². The van der Waals surface area contributed by atoms with Crippen LogP contribution in [-0.2, 0) is 9.53 Å². The standard InChI is InChI=1S/C24H23N3O3S2/c1-15-8-10-16(11-9-15)27-23(29)22-21(18-6-2-3-7-19(18)32-22)26-24(27)31-14-20(28)25-13-17-5-4-12-30-17/h2-3,6-11,17H,4-5,12-14H2,1H3,(H,25,28). The van der Waals surface area contributed by atoms with Crippen LogP contribution in [-0.4, -0.2) is 40.5 Å². The number of aryl methyl sites for hydroxylation is 1. The molecule has 3 heterocycles. The fraction of sp³-hybridized carbons (Fsp3) is 0.292. The SMILES string of the molecule is Cc1ccc(-n2c(SCC(=O)NCC3CCCO3)nc3c(sc4ccccc43)c2=O)cc1. The van der Waals surface area contributed by atoms with Gasteiger partial charge in [0.05, 0.1) is 23.1 Å². The predicted octanol–water partition coefficient (Wildman–Crippen LogP) is 4.30. The number of carbonyl (C=O) groups is 1. The van der Waals surface area contributed by atoms with E-state index in [1.165, 1.54) is 23.1 Å². The average Bonchev–Trinajstić information content (AvgIpc) is 3.45. The number of amides is 1. The number of hydrogen-bond acceptors (Lipinski definition) is 6. The zero-order chi connectivity index (χ0) is 22.1. The van der Waals surface area contributed by atoms with Crippen LogP contribution in [0, 0.1) is 6.92 Å². The van der Waals surface area contributed by atoms with E-state index in [9.17, 15) is 9.59 Å². The summed E-state index contributed by atoms with van der Waals surface area (Å²) in [6, 6.07) is 15.7. The number of nitrogens with one attached hydrogen (secondary N) is 1. The van der Waals surface area contributed by atoms with Gasteiger partial charge in [0.1, 0.15) is 4.70 Å². The lowest BCUT2D eigenvalue weighted by Gasteiger charge is -2.13. The number of thiophene rings is 1. The van der Waals surface area contributed by atoms with Gasteiger partial charge in [-0.3, -0.25) is 14.2 Å². The van der Waals surface area contributed by atoms with Crippen LogP contribution in [0.2, 0.25) is 0 Å². The fourth-order valence-corrected chi connectivity index (χ4v) is 5.76. The molecule has 1 aliphatic heterocycles. The molecule has 1 N–H and O–H groups in total. The van der Waals surface area contributed by atoms with Crippen LogP contribution in [0.25, 0.3) is 26.0 Å². The summed E-state index contributed by atoms with van der Waals surface area (Å²) in [4.78, 5) is 30.9. The van der Waals surface area contributed by atoms with Crippen molar-refractivity contribution >= 4 is 49.3 Å². The second-order valence-corrected chi connectivity index (χ2v) is 9.87. The lowest BCUT2D eigenvalue weighted by molar-refractivity contribution is -0.119. The van der Waals surface area contributed by atoms with E-state index in [4.69, 9.17) is 9.72 Å². The highest BCUT2D eigenvalue weighted by atomic mass is 32.2. The van der Waals surface area contributed by atoms with Crippen molar-refractivity contribution in [3.05, 3.63) is 64.4 Å². The van der Waals surface area contributed by atoms with Gasteiger partial charge < -0.3 is 10.1 Å². The molecular formula is C24H23N3O3S2. The Morgan fingerprint density at radius 3 is 2.84 bits per heavy atom. The third-order valence-electron chi connectivity index (χ3n) is 5.54. The fourth-order valence-electron chi connectivity index (χ4n) is 3.85. The van der Waals surface area contributed by atoms with Crippen molar-refractivity contribution in [1.29, 1.82) is 0 Å². The first-order chi connectivity index (χ1) is 15.6. The second kappa shape index (κ2) is 9.05. The zero-order valence-corrected chi connectivity index (χ0v) is 19.3. The molecule has 2 aromatic heterocycles. The number of fused-ring (bicyclic) bond motifs is 3. The van der Waals surface area contributed by atoms with E-state index >= 15 is 0 Å². The van der Waals surface area contributed by atoms with Gasteiger partial charge in [0.15, 0.2) is 5.16 Å². The first-order valence-corrected chi connectivity index (χ1v) is 12.4. The average molecular weight is 466 g/mol. The molecule has 0 saturated carbocycles.